The highest BCUT2D eigenvalue weighted by atomic mass is 16.1. The van der Waals surface area contributed by atoms with Crippen LogP contribution in [0.15, 0.2) is 16.9 Å². The molecule has 1 N–H and O–H groups in total. The molecule has 0 bridgehead atoms. The Kier molecular flexibility index (Phi) is 5.46. The largest absolute Gasteiger partial charge is 0.311 e. The Morgan fingerprint density at radius 1 is 0.962 bits per heavy atom. The van der Waals surface area contributed by atoms with Crippen LogP contribution in [0, 0.1) is 0 Å². The molecule has 144 valence electrons. The highest BCUT2D eigenvalue weighted by Gasteiger charge is 2.29. The van der Waals surface area contributed by atoms with E-state index in [2.05, 4.69) is 24.1 Å². The molecule has 1 saturated heterocycles. The summed E-state index contributed by atoms with van der Waals surface area (Å²) >= 11 is 0. The van der Waals surface area contributed by atoms with E-state index in [4.69, 9.17) is 5.10 Å². The van der Waals surface area contributed by atoms with Crippen molar-refractivity contribution in [3.8, 4) is 0 Å². The maximum Gasteiger partial charge on any atom is 0.267 e. The minimum atomic E-state index is 0.0758. The molecule has 1 aliphatic heterocycles. The molecule has 1 aromatic rings. The third-order valence-electron chi connectivity index (χ3n) is 6.62. The summed E-state index contributed by atoms with van der Waals surface area (Å²) in [6.07, 6.45) is 9.47. The highest BCUT2D eigenvalue weighted by Crippen LogP contribution is 2.38. The molecule has 0 spiro atoms. The first-order chi connectivity index (χ1) is 12.6. The molecule has 0 radical (unpaired) electrons. The van der Waals surface area contributed by atoms with Gasteiger partial charge in [0, 0.05) is 30.1 Å². The second-order valence-electron chi connectivity index (χ2n) is 8.89. The molecular weight excluding hydrogens is 324 g/mol. The Morgan fingerprint density at radius 2 is 1.62 bits per heavy atom. The number of rotatable bonds is 5. The maximum atomic E-state index is 12.3. The lowest BCUT2D eigenvalue weighted by atomic mass is 9.90. The van der Waals surface area contributed by atoms with Crippen LogP contribution < -0.4 is 10.9 Å². The Bertz CT molecular complexity index is 650. The minimum absolute atomic E-state index is 0.0758. The molecule has 0 unspecified atom stereocenters. The van der Waals surface area contributed by atoms with Gasteiger partial charge in [0.15, 0.2) is 0 Å². The van der Waals surface area contributed by atoms with Crippen LogP contribution in [0.1, 0.15) is 82.9 Å². The van der Waals surface area contributed by atoms with Crippen molar-refractivity contribution >= 4 is 0 Å². The van der Waals surface area contributed by atoms with Crippen molar-refractivity contribution in [1.82, 2.24) is 20.0 Å². The summed E-state index contributed by atoms with van der Waals surface area (Å²) in [6.45, 7) is 7.03. The molecule has 5 nitrogen and oxygen atoms in total. The normalized spacial score (nSPS) is 28.6. The van der Waals surface area contributed by atoms with Gasteiger partial charge < -0.3 is 10.2 Å². The van der Waals surface area contributed by atoms with E-state index in [1.807, 2.05) is 6.07 Å². The average Bonchev–Trinajstić information content (AvgIpc) is 3.49. The molecule has 2 heterocycles. The Balaban J connectivity index is 1.28. The molecule has 1 aromatic heterocycles. The lowest BCUT2D eigenvalue weighted by Gasteiger charge is -2.38. The van der Waals surface area contributed by atoms with Crippen LogP contribution in [-0.2, 0) is 0 Å². The van der Waals surface area contributed by atoms with Crippen LogP contribution in [0.25, 0.3) is 0 Å². The molecule has 4 rings (SSSR count). The predicted molar refractivity (Wildman–Crippen MR) is 105 cm³/mol. The highest BCUT2D eigenvalue weighted by molar-refractivity contribution is 5.13. The Hall–Kier alpha value is -1.20. The van der Waals surface area contributed by atoms with Crippen LogP contribution in [0.2, 0.25) is 0 Å². The molecule has 5 heteroatoms. The van der Waals surface area contributed by atoms with Crippen molar-refractivity contribution in [1.29, 1.82) is 0 Å². The Labute approximate surface area is 157 Å². The topological polar surface area (TPSA) is 50.2 Å². The van der Waals surface area contributed by atoms with E-state index >= 15 is 0 Å². The van der Waals surface area contributed by atoms with E-state index in [0.29, 0.717) is 30.1 Å². The fraction of sp³-hybridized carbons (Fsp3) is 0.810. The predicted octanol–water partition coefficient (Wildman–Crippen LogP) is 3.07. The second-order valence-corrected chi connectivity index (χ2v) is 8.89. The standard InChI is InChI=1S/C21H34N4O/c1-15(2)24-13-11-18(12-14-24)22-17-5-7-19(8-6-17)25-21(26)10-9-20(23-25)16-3-4-16/h9-10,15-19,22H,3-8,11-14H2,1-2H3. The van der Waals surface area contributed by atoms with Gasteiger partial charge in [-0.3, -0.25) is 4.79 Å². The monoisotopic (exact) mass is 358 g/mol. The van der Waals surface area contributed by atoms with E-state index in [0.717, 1.165) is 31.4 Å². The number of piperidine rings is 1. The van der Waals surface area contributed by atoms with E-state index in [1.54, 1.807) is 10.7 Å². The van der Waals surface area contributed by atoms with Crippen LogP contribution in [0.5, 0.6) is 0 Å². The molecule has 26 heavy (non-hydrogen) atoms. The van der Waals surface area contributed by atoms with Crippen LogP contribution in [0.3, 0.4) is 0 Å². The number of nitrogens with one attached hydrogen (secondary N) is 1. The summed E-state index contributed by atoms with van der Waals surface area (Å²) < 4.78 is 1.80. The molecule has 0 amide bonds. The van der Waals surface area contributed by atoms with Crippen LogP contribution in [-0.4, -0.2) is 45.9 Å². The van der Waals surface area contributed by atoms with Gasteiger partial charge in [-0.25, -0.2) is 4.68 Å². The van der Waals surface area contributed by atoms with Gasteiger partial charge in [0.25, 0.3) is 5.56 Å². The molecule has 0 aromatic carbocycles. The summed E-state index contributed by atoms with van der Waals surface area (Å²) in [5, 5.41) is 8.61. The van der Waals surface area contributed by atoms with Crippen LogP contribution in [0.4, 0.5) is 0 Å². The first-order valence-electron chi connectivity index (χ1n) is 10.7. The van der Waals surface area contributed by atoms with Crippen molar-refractivity contribution in [3.63, 3.8) is 0 Å². The molecule has 3 aliphatic rings. The molecule has 2 saturated carbocycles. The van der Waals surface area contributed by atoms with E-state index in [-0.39, 0.29) is 5.56 Å². The van der Waals surface area contributed by atoms with Crippen molar-refractivity contribution in [2.45, 2.75) is 95.3 Å². The van der Waals surface area contributed by atoms with Gasteiger partial charge in [-0.15, -0.1) is 0 Å². The van der Waals surface area contributed by atoms with Crippen LogP contribution >= 0.6 is 0 Å². The summed E-state index contributed by atoms with van der Waals surface area (Å²) in [7, 11) is 0. The number of aromatic nitrogens is 2. The number of hydrogen-bond acceptors (Lipinski definition) is 4. The number of hydrogen-bond donors (Lipinski definition) is 1. The van der Waals surface area contributed by atoms with Gasteiger partial charge in [0.2, 0.25) is 0 Å². The SMILES string of the molecule is CC(C)N1CCC(NC2CCC(n3nc(C4CC4)ccc3=O)CC2)CC1. The van der Waals surface area contributed by atoms with Crippen molar-refractivity contribution in [2.24, 2.45) is 0 Å². The second kappa shape index (κ2) is 7.81. The van der Waals surface area contributed by atoms with Crippen molar-refractivity contribution < 1.29 is 0 Å². The summed E-state index contributed by atoms with van der Waals surface area (Å²) in [5.74, 6) is 0.608. The summed E-state index contributed by atoms with van der Waals surface area (Å²) in [5.41, 5.74) is 1.20. The molecular formula is C21H34N4O. The first-order valence-corrected chi connectivity index (χ1v) is 10.7. The van der Waals surface area contributed by atoms with Gasteiger partial charge in [-0.2, -0.15) is 5.10 Å². The smallest absolute Gasteiger partial charge is 0.267 e. The van der Waals surface area contributed by atoms with Gasteiger partial charge in [0.1, 0.15) is 0 Å². The summed E-state index contributed by atoms with van der Waals surface area (Å²) in [6, 6.07) is 5.92. The fourth-order valence-corrected chi connectivity index (χ4v) is 4.70. The third kappa shape index (κ3) is 4.20. The maximum absolute atomic E-state index is 12.3. The lowest BCUT2D eigenvalue weighted by molar-refractivity contribution is 0.148. The van der Waals surface area contributed by atoms with Gasteiger partial charge in [-0.05, 0) is 84.4 Å². The van der Waals surface area contributed by atoms with Gasteiger partial charge in [-0.1, -0.05) is 0 Å². The van der Waals surface area contributed by atoms with E-state index < -0.39 is 0 Å². The fourth-order valence-electron chi connectivity index (χ4n) is 4.70. The number of nitrogens with zero attached hydrogens (tertiary/aromatic N) is 3. The van der Waals surface area contributed by atoms with E-state index in [9.17, 15) is 4.79 Å². The van der Waals surface area contributed by atoms with Crippen molar-refractivity contribution in [3.05, 3.63) is 28.2 Å². The zero-order chi connectivity index (χ0) is 18.1. The van der Waals surface area contributed by atoms with Gasteiger partial charge in [0.05, 0.1) is 11.7 Å². The number of likely N-dealkylation sites (tertiary alicyclic amines) is 1. The quantitative estimate of drug-likeness (QED) is 0.879. The Morgan fingerprint density at radius 3 is 2.23 bits per heavy atom. The lowest BCUT2D eigenvalue weighted by Crippen LogP contribution is -2.48. The molecule has 2 aliphatic carbocycles. The minimum Gasteiger partial charge on any atom is -0.311 e. The van der Waals surface area contributed by atoms with E-state index in [1.165, 1.54) is 38.8 Å². The summed E-state index contributed by atoms with van der Waals surface area (Å²) in [4.78, 5) is 14.9. The van der Waals surface area contributed by atoms with Gasteiger partial charge >= 0.3 is 0 Å². The first kappa shape index (κ1) is 18.2. The van der Waals surface area contributed by atoms with Crippen molar-refractivity contribution in [2.75, 3.05) is 13.1 Å². The average molecular weight is 359 g/mol. The third-order valence-corrected chi connectivity index (χ3v) is 6.62. The molecule has 3 fully saturated rings. The molecule has 0 atom stereocenters. The zero-order valence-corrected chi connectivity index (χ0v) is 16.4. The zero-order valence-electron chi connectivity index (χ0n) is 16.4.